The number of aromatic amines is 1. The molecule has 0 aliphatic carbocycles. The number of benzene rings is 3. The molecule has 1 heterocycles. The second-order valence-corrected chi connectivity index (χ2v) is 9.78. The first-order valence-electron chi connectivity index (χ1n) is 12.6. The number of H-pyrrole nitrogens is 1. The monoisotopic (exact) mass is 645 g/mol. The van der Waals surface area contributed by atoms with E-state index in [1.165, 1.54) is 0 Å². The van der Waals surface area contributed by atoms with E-state index in [0.29, 0.717) is 20.9 Å². The highest BCUT2D eigenvalue weighted by molar-refractivity contribution is 9.08. The van der Waals surface area contributed by atoms with E-state index in [4.69, 9.17) is 32.7 Å². The Balaban J connectivity index is 0.00000216. The van der Waals surface area contributed by atoms with Gasteiger partial charge in [0, 0.05) is 27.5 Å². The van der Waals surface area contributed by atoms with Crippen molar-refractivity contribution in [2.45, 2.75) is 39.3 Å². The third kappa shape index (κ3) is 8.41. The van der Waals surface area contributed by atoms with Gasteiger partial charge in [-0.05, 0) is 41.3 Å². The van der Waals surface area contributed by atoms with E-state index < -0.39 is 11.5 Å². The van der Waals surface area contributed by atoms with E-state index in [0.717, 1.165) is 22.3 Å². The lowest BCUT2D eigenvalue weighted by atomic mass is 10.1. The van der Waals surface area contributed by atoms with E-state index in [9.17, 15) is 9.59 Å². The van der Waals surface area contributed by atoms with Crippen LogP contribution in [-0.2, 0) is 23.2 Å². The standard InChI is InChI=1S/C28H24BrCl2N3O4.C2H6/c1-17-21(11-22(30)12-23(17)31)14-32-27(35)24-25(38-16-37-15-19-5-3-2-4-6-19)28(36)34-26(33-24)20-9-7-18(13-29)8-10-20;1-2/h2-12H,13-16H2,1H3,(H,32,35)(H,33,34,36);1-2H3. The summed E-state index contributed by atoms with van der Waals surface area (Å²) in [5.74, 6) is -0.596. The Labute approximate surface area is 252 Å². The van der Waals surface area contributed by atoms with Gasteiger partial charge >= 0.3 is 0 Å². The lowest BCUT2D eigenvalue weighted by molar-refractivity contribution is 0.00354. The molecule has 4 rings (SSSR count). The van der Waals surface area contributed by atoms with Crippen LogP contribution < -0.4 is 15.6 Å². The van der Waals surface area contributed by atoms with Crippen molar-refractivity contribution in [2.24, 2.45) is 0 Å². The molecule has 7 nitrogen and oxygen atoms in total. The van der Waals surface area contributed by atoms with Crippen molar-refractivity contribution in [3.8, 4) is 17.1 Å². The van der Waals surface area contributed by atoms with E-state index in [-0.39, 0.29) is 37.2 Å². The second-order valence-electron chi connectivity index (χ2n) is 8.37. The number of hydrogen-bond acceptors (Lipinski definition) is 5. The highest BCUT2D eigenvalue weighted by atomic mass is 79.9. The van der Waals surface area contributed by atoms with Crippen LogP contribution in [0.5, 0.6) is 5.75 Å². The van der Waals surface area contributed by atoms with Gasteiger partial charge in [0.25, 0.3) is 11.5 Å². The molecule has 1 amide bonds. The average molecular weight is 647 g/mol. The predicted octanol–water partition coefficient (Wildman–Crippen LogP) is 7.46. The van der Waals surface area contributed by atoms with Crippen LogP contribution in [0.4, 0.5) is 0 Å². The first-order valence-corrected chi connectivity index (χ1v) is 14.5. The van der Waals surface area contributed by atoms with Crippen molar-refractivity contribution in [1.29, 1.82) is 0 Å². The molecule has 0 fully saturated rings. The number of amides is 1. The van der Waals surface area contributed by atoms with E-state index in [1.54, 1.807) is 12.1 Å². The number of ether oxygens (including phenoxy) is 2. The fourth-order valence-electron chi connectivity index (χ4n) is 3.61. The molecule has 0 radical (unpaired) electrons. The molecule has 0 bridgehead atoms. The number of alkyl halides is 1. The number of hydrogen-bond donors (Lipinski definition) is 2. The third-order valence-electron chi connectivity index (χ3n) is 5.73. The summed E-state index contributed by atoms with van der Waals surface area (Å²) in [5, 5.41) is 4.42. The van der Waals surface area contributed by atoms with E-state index >= 15 is 0 Å². The summed E-state index contributed by atoms with van der Waals surface area (Å²) in [6.07, 6.45) is 0. The molecule has 0 spiro atoms. The molecule has 1 aromatic heterocycles. The van der Waals surface area contributed by atoms with Crippen LogP contribution in [0.1, 0.15) is 46.6 Å². The van der Waals surface area contributed by atoms with Crippen LogP contribution in [0.3, 0.4) is 0 Å². The van der Waals surface area contributed by atoms with Gasteiger partial charge in [0.2, 0.25) is 5.75 Å². The maximum absolute atomic E-state index is 13.3. The number of carbonyl (C=O) groups is 1. The molecule has 210 valence electrons. The molecule has 3 aromatic carbocycles. The molecule has 10 heteroatoms. The maximum Gasteiger partial charge on any atom is 0.294 e. The zero-order valence-corrected chi connectivity index (χ0v) is 25.5. The van der Waals surface area contributed by atoms with Gasteiger partial charge in [-0.25, -0.2) is 4.98 Å². The lowest BCUT2D eigenvalue weighted by Crippen LogP contribution is -2.28. The Morgan fingerprint density at radius 1 is 1.02 bits per heavy atom. The molecule has 0 atom stereocenters. The molecule has 0 saturated carbocycles. The highest BCUT2D eigenvalue weighted by Crippen LogP contribution is 2.25. The number of rotatable bonds is 10. The third-order valence-corrected chi connectivity index (χ3v) is 6.99. The maximum atomic E-state index is 13.3. The van der Waals surface area contributed by atoms with Gasteiger partial charge in [-0.1, -0.05) is 108 Å². The lowest BCUT2D eigenvalue weighted by Gasteiger charge is -2.14. The molecular formula is C30H30BrCl2N3O4. The molecule has 40 heavy (non-hydrogen) atoms. The summed E-state index contributed by atoms with van der Waals surface area (Å²) in [6.45, 7) is 5.99. The zero-order chi connectivity index (χ0) is 29.1. The molecular weight excluding hydrogens is 617 g/mol. The zero-order valence-electron chi connectivity index (χ0n) is 22.4. The first kappa shape index (κ1) is 31.4. The Bertz CT molecular complexity index is 1480. The Morgan fingerprint density at radius 3 is 2.40 bits per heavy atom. The van der Waals surface area contributed by atoms with Crippen LogP contribution in [0.2, 0.25) is 10.0 Å². The number of nitrogens with one attached hydrogen (secondary N) is 2. The van der Waals surface area contributed by atoms with E-state index in [2.05, 4.69) is 31.2 Å². The Hall–Kier alpha value is -3.17. The average Bonchev–Trinajstić information content (AvgIpc) is 2.98. The van der Waals surface area contributed by atoms with Crippen LogP contribution in [0.25, 0.3) is 11.4 Å². The van der Waals surface area contributed by atoms with Gasteiger partial charge < -0.3 is 19.8 Å². The van der Waals surface area contributed by atoms with E-state index in [1.807, 2.05) is 75.4 Å². The number of nitrogens with zero attached hydrogens (tertiary/aromatic N) is 1. The topological polar surface area (TPSA) is 93.3 Å². The van der Waals surface area contributed by atoms with Crippen molar-refractivity contribution in [3.05, 3.63) is 115 Å². The van der Waals surface area contributed by atoms with Gasteiger partial charge in [-0.15, -0.1) is 0 Å². The van der Waals surface area contributed by atoms with Crippen LogP contribution in [0.15, 0.2) is 71.5 Å². The summed E-state index contributed by atoms with van der Waals surface area (Å²) in [5.41, 5.74) is 3.40. The Morgan fingerprint density at radius 2 is 1.73 bits per heavy atom. The van der Waals surface area contributed by atoms with Crippen molar-refractivity contribution in [1.82, 2.24) is 15.3 Å². The number of aromatic nitrogens is 2. The highest BCUT2D eigenvalue weighted by Gasteiger charge is 2.21. The normalized spacial score (nSPS) is 10.4. The molecule has 0 aliphatic rings. The summed E-state index contributed by atoms with van der Waals surface area (Å²) in [6, 6.07) is 20.3. The second kappa shape index (κ2) is 15.6. The van der Waals surface area contributed by atoms with Gasteiger partial charge in [0.05, 0.1) is 6.61 Å². The summed E-state index contributed by atoms with van der Waals surface area (Å²) < 4.78 is 11.2. The molecule has 0 unspecified atom stereocenters. The van der Waals surface area contributed by atoms with Crippen molar-refractivity contribution in [3.63, 3.8) is 0 Å². The first-order chi connectivity index (χ1) is 19.4. The summed E-state index contributed by atoms with van der Waals surface area (Å²) in [4.78, 5) is 33.5. The minimum absolute atomic E-state index is 0.124. The molecule has 0 saturated heterocycles. The minimum Gasteiger partial charge on any atom is -0.459 e. The minimum atomic E-state index is -0.602. The van der Waals surface area contributed by atoms with Crippen LogP contribution >= 0.6 is 39.1 Å². The van der Waals surface area contributed by atoms with Crippen molar-refractivity contribution >= 4 is 45.0 Å². The largest absolute Gasteiger partial charge is 0.459 e. The fraction of sp³-hybridized carbons (Fsp3) is 0.233. The van der Waals surface area contributed by atoms with Crippen LogP contribution in [-0.4, -0.2) is 22.7 Å². The predicted molar refractivity (Wildman–Crippen MR) is 163 cm³/mol. The van der Waals surface area contributed by atoms with Gasteiger partial charge in [0.1, 0.15) is 5.82 Å². The van der Waals surface area contributed by atoms with Crippen LogP contribution in [0, 0.1) is 6.92 Å². The van der Waals surface area contributed by atoms with Crippen molar-refractivity contribution < 1.29 is 14.3 Å². The number of carbonyl (C=O) groups excluding carboxylic acids is 1. The fourth-order valence-corrected chi connectivity index (χ4v) is 4.52. The molecule has 0 aliphatic heterocycles. The quantitative estimate of drug-likeness (QED) is 0.106. The summed E-state index contributed by atoms with van der Waals surface area (Å²) >= 11 is 15.8. The molecule has 2 N–H and O–H groups in total. The van der Waals surface area contributed by atoms with Crippen molar-refractivity contribution in [2.75, 3.05) is 6.79 Å². The molecule has 4 aromatic rings. The van der Waals surface area contributed by atoms with Gasteiger partial charge in [0.15, 0.2) is 12.5 Å². The Kier molecular flexibility index (Phi) is 12.2. The van der Waals surface area contributed by atoms with Gasteiger partial charge in [-0.3, -0.25) is 9.59 Å². The SMILES string of the molecule is CC.Cc1c(Cl)cc(Cl)cc1CNC(=O)c1nc(-c2ccc(CBr)cc2)[nH]c(=O)c1OCOCc1ccccc1. The summed E-state index contributed by atoms with van der Waals surface area (Å²) in [7, 11) is 0. The number of halogens is 3. The van der Waals surface area contributed by atoms with Gasteiger partial charge in [-0.2, -0.15) is 0 Å². The smallest absolute Gasteiger partial charge is 0.294 e.